The number of nitrogens with one attached hydrogen (secondary N) is 1. The first-order chi connectivity index (χ1) is 13.8. The number of amides is 1. The van der Waals surface area contributed by atoms with Crippen LogP contribution in [0.1, 0.15) is 51.6 Å². The maximum Gasteiger partial charge on any atom is 0.227 e. The molecular formula is C24H25ClN2O2. The Hall–Kier alpha value is -2.59. The lowest BCUT2D eigenvalue weighted by molar-refractivity contribution is -0.119. The molecule has 0 aromatic heterocycles. The molecule has 0 unspecified atom stereocenters. The summed E-state index contributed by atoms with van der Waals surface area (Å²) >= 11 is 6.12. The highest BCUT2D eigenvalue weighted by Gasteiger charge is 2.42. The molecule has 150 valence electrons. The average Bonchev–Trinajstić information content (AvgIpc) is 2.81. The molecule has 1 atom stereocenters. The van der Waals surface area contributed by atoms with Crippen LogP contribution in [0.2, 0.25) is 5.02 Å². The Labute approximate surface area is 176 Å². The zero-order chi connectivity index (χ0) is 20.8. The second-order valence-corrected chi connectivity index (χ2v) is 8.98. The Kier molecular flexibility index (Phi) is 4.99. The number of fused-ring (bicyclic) bond motifs is 1. The summed E-state index contributed by atoms with van der Waals surface area (Å²) in [6.45, 7) is 6.07. The van der Waals surface area contributed by atoms with Crippen molar-refractivity contribution in [3.05, 3.63) is 70.4 Å². The van der Waals surface area contributed by atoms with Crippen LogP contribution in [-0.4, -0.2) is 11.7 Å². The molecule has 1 heterocycles. The monoisotopic (exact) mass is 408 g/mol. The van der Waals surface area contributed by atoms with Crippen LogP contribution in [0.5, 0.6) is 0 Å². The SMILES string of the molecule is CCC(=O)N1c2ccccc2NC2=C(C(=O)CC(C)(C)C2)[C@H]1c1ccc(Cl)cc1. The standard InChI is InChI=1S/C24H25ClN2O2/c1-4-21(29)27-19-8-6-5-7-17(19)26-18-13-24(2,3)14-20(28)22(18)23(27)15-9-11-16(25)12-10-15/h5-12,23,26H,4,13-14H2,1-3H3/t23-/m1/s1. The minimum Gasteiger partial charge on any atom is -0.357 e. The molecule has 29 heavy (non-hydrogen) atoms. The van der Waals surface area contributed by atoms with Crippen molar-refractivity contribution in [2.45, 2.75) is 46.1 Å². The summed E-state index contributed by atoms with van der Waals surface area (Å²) < 4.78 is 0. The molecule has 0 fully saturated rings. The van der Waals surface area contributed by atoms with Crippen molar-refractivity contribution in [2.75, 3.05) is 10.2 Å². The van der Waals surface area contributed by atoms with Gasteiger partial charge in [-0.05, 0) is 41.7 Å². The van der Waals surface area contributed by atoms with Gasteiger partial charge >= 0.3 is 0 Å². The lowest BCUT2D eigenvalue weighted by Gasteiger charge is -2.37. The van der Waals surface area contributed by atoms with Crippen LogP contribution in [-0.2, 0) is 9.59 Å². The van der Waals surface area contributed by atoms with Gasteiger partial charge in [0.05, 0.1) is 17.4 Å². The van der Waals surface area contributed by atoms with Crippen molar-refractivity contribution in [3.63, 3.8) is 0 Å². The van der Waals surface area contributed by atoms with Crippen molar-refractivity contribution in [2.24, 2.45) is 5.41 Å². The van der Waals surface area contributed by atoms with Gasteiger partial charge in [-0.2, -0.15) is 0 Å². The second kappa shape index (κ2) is 7.34. The number of benzene rings is 2. The lowest BCUT2D eigenvalue weighted by atomic mass is 9.73. The Balaban J connectivity index is 2.00. The van der Waals surface area contributed by atoms with E-state index in [4.69, 9.17) is 11.6 Å². The smallest absolute Gasteiger partial charge is 0.227 e. The molecule has 1 aliphatic carbocycles. The van der Waals surface area contributed by atoms with Gasteiger partial charge in [-0.3, -0.25) is 14.5 Å². The molecule has 1 aliphatic heterocycles. The first kappa shape index (κ1) is 19.7. The van der Waals surface area contributed by atoms with E-state index in [0.29, 0.717) is 23.4 Å². The molecule has 0 spiro atoms. The minimum atomic E-state index is -0.477. The predicted octanol–water partition coefficient (Wildman–Crippen LogP) is 5.89. The number of para-hydroxylation sites is 2. The summed E-state index contributed by atoms with van der Waals surface area (Å²) in [5, 5.41) is 4.13. The van der Waals surface area contributed by atoms with Crippen molar-refractivity contribution in [1.29, 1.82) is 0 Å². The van der Waals surface area contributed by atoms with Crippen LogP contribution < -0.4 is 10.2 Å². The van der Waals surface area contributed by atoms with Crippen LogP contribution in [0.3, 0.4) is 0 Å². The van der Waals surface area contributed by atoms with E-state index in [1.165, 1.54) is 0 Å². The number of Topliss-reactive ketones (excluding diaryl/α,β-unsaturated/α-hetero) is 1. The van der Waals surface area contributed by atoms with Gasteiger partial charge in [0.1, 0.15) is 0 Å². The average molecular weight is 409 g/mol. The summed E-state index contributed by atoms with van der Waals surface area (Å²) in [6.07, 6.45) is 1.56. The number of rotatable bonds is 2. The Morgan fingerprint density at radius 1 is 1.14 bits per heavy atom. The Morgan fingerprint density at radius 3 is 2.52 bits per heavy atom. The van der Waals surface area contributed by atoms with E-state index in [9.17, 15) is 9.59 Å². The molecule has 0 radical (unpaired) electrons. The zero-order valence-electron chi connectivity index (χ0n) is 17.0. The first-order valence-electron chi connectivity index (χ1n) is 10.0. The normalized spacial score (nSPS) is 20.5. The van der Waals surface area contributed by atoms with Crippen LogP contribution in [0, 0.1) is 5.41 Å². The molecule has 0 bridgehead atoms. The fourth-order valence-electron chi connectivity index (χ4n) is 4.39. The highest BCUT2D eigenvalue weighted by atomic mass is 35.5. The predicted molar refractivity (Wildman–Crippen MR) is 117 cm³/mol. The molecule has 1 amide bonds. The molecule has 0 saturated carbocycles. The summed E-state index contributed by atoms with van der Waals surface area (Å²) in [6, 6.07) is 14.7. The fourth-order valence-corrected chi connectivity index (χ4v) is 4.52. The minimum absolute atomic E-state index is 0.0226. The zero-order valence-corrected chi connectivity index (χ0v) is 17.7. The van der Waals surface area contributed by atoms with Gasteiger partial charge in [-0.25, -0.2) is 0 Å². The highest BCUT2D eigenvalue weighted by molar-refractivity contribution is 6.30. The van der Waals surface area contributed by atoms with Crippen LogP contribution in [0.15, 0.2) is 59.8 Å². The number of halogens is 1. The largest absolute Gasteiger partial charge is 0.357 e. The summed E-state index contributed by atoms with van der Waals surface area (Å²) in [5.41, 5.74) is 3.99. The number of carbonyl (C=O) groups excluding carboxylic acids is 2. The molecule has 2 aromatic carbocycles. The topological polar surface area (TPSA) is 49.4 Å². The Morgan fingerprint density at radius 2 is 1.83 bits per heavy atom. The highest BCUT2D eigenvalue weighted by Crippen LogP contribution is 2.48. The number of nitrogens with zero attached hydrogens (tertiary/aromatic N) is 1. The summed E-state index contributed by atoms with van der Waals surface area (Å²) in [4.78, 5) is 28.4. The van der Waals surface area contributed by atoms with E-state index < -0.39 is 6.04 Å². The van der Waals surface area contributed by atoms with Gasteiger partial charge in [0, 0.05) is 29.1 Å². The quantitative estimate of drug-likeness (QED) is 0.673. The second-order valence-electron chi connectivity index (χ2n) is 8.55. The van der Waals surface area contributed by atoms with Gasteiger partial charge in [-0.1, -0.05) is 56.6 Å². The molecule has 0 saturated heterocycles. The van der Waals surface area contributed by atoms with Crippen LogP contribution >= 0.6 is 11.6 Å². The maximum absolute atomic E-state index is 13.4. The number of hydrogen-bond acceptors (Lipinski definition) is 3. The van der Waals surface area contributed by atoms with E-state index in [1.54, 1.807) is 4.90 Å². The number of ketones is 1. The van der Waals surface area contributed by atoms with E-state index >= 15 is 0 Å². The molecule has 4 nitrogen and oxygen atoms in total. The molecule has 2 aromatic rings. The lowest BCUT2D eigenvalue weighted by Crippen LogP contribution is -2.39. The third kappa shape index (κ3) is 3.58. The van der Waals surface area contributed by atoms with E-state index in [-0.39, 0.29) is 17.1 Å². The third-order valence-electron chi connectivity index (χ3n) is 5.66. The van der Waals surface area contributed by atoms with Gasteiger partial charge in [-0.15, -0.1) is 0 Å². The van der Waals surface area contributed by atoms with Crippen molar-refractivity contribution in [1.82, 2.24) is 0 Å². The molecule has 5 heteroatoms. The third-order valence-corrected chi connectivity index (χ3v) is 5.91. The molecular weight excluding hydrogens is 384 g/mol. The summed E-state index contributed by atoms with van der Waals surface area (Å²) in [5.74, 6) is 0.0657. The summed E-state index contributed by atoms with van der Waals surface area (Å²) in [7, 11) is 0. The van der Waals surface area contributed by atoms with Gasteiger partial charge < -0.3 is 5.32 Å². The fraction of sp³-hybridized carbons (Fsp3) is 0.333. The first-order valence-corrected chi connectivity index (χ1v) is 10.4. The van der Waals surface area contributed by atoms with Crippen molar-refractivity contribution >= 4 is 34.7 Å². The maximum atomic E-state index is 13.4. The van der Waals surface area contributed by atoms with Gasteiger partial charge in [0.25, 0.3) is 0 Å². The number of anilines is 2. The van der Waals surface area contributed by atoms with E-state index in [2.05, 4.69) is 19.2 Å². The van der Waals surface area contributed by atoms with E-state index in [1.807, 2.05) is 55.5 Å². The van der Waals surface area contributed by atoms with Gasteiger partial charge in [0.15, 0.2) is 5.78 Å². The Bertz CT molecular complexity index is 1010. The molecule has 4 rings (SSSR count). The number of allylic oxidation sites excluding steroid dienone is 1. The van der Waals surface area contributed by atoms with Crippen molar-refractivity contribution in [3.8, 4) is 0 Å². The molecule has 1 N–H and O–H groups in total. The van der Waals surface area contributed by atoms with Crippen LogP contribution in [0.25, 0.3) is 0 Å². The van der Waals surface area contributed by atoms with Crippen LogP contribution in [0.4, 0.5) is 11.4 Å². The van der Waals surface area contributed by atoms with Crippen molar-refractivity contribution < 1.29 is 9.59 Å². The van der Waals surface area contributed by atoms with E-state index in [0.717, 1.165) is 29.1 Å². The number of carbonyl (C=O) groups is 2. The van der Waals surface area contributed by atoms with Gasteiger partial charge in [0.2, 0.25) is 5.91 Å². The molecule has 2 aliphatic rings. The number of hydrogen-bond donors (Lipinski definition) is 1.